The molecule has 0 bridgehead atoms. The summed E-state index contributed by atoms with van der Waals surface area (Å²) in [5, 5.41) is 2.85. The second-order valence-corrected chi connectivity index (χ2v) is 6.40. The summed E-state index contributed by atoms with van der Waals surface area (Å²) in [6.07, 6.45) is 2.12. The van der Waals surface area contributed by atoms with Crippen LogP contribution in [0.5, 0.6) is 0 Å². The van der Waals surface area contributed by atoms with E-state index in [2.05, 4.69) is 9.97 Å². The van der Waals surface area contributed by atoms with Crippen LogP contribution in [-0.2, 0) is 17.0 Å². The molecule has 0 aliphatic heterocycles. The average Bonchev–Trinajstić information content (AvgIpc) is 2.85. The number of amides is 1. The lowest BCUT2D eigenvalue weighted by Gasteiger charge is -2.07. The Kier molecular flexibility index (Phi) is 4.97. The number of thioether (sulfide) groups is 1. The van der Waals surface area contributed by atoms with Crippen molar-refractivity contribution in [2.24, 2.45) is 0 Å². The normalized spacial score (nSPS) is 10.5. The summed E-state index contributed by atoms with van der Waals surface area (Å²) >= 11 is 3.18. The van der Waals surface area contributed by atoms with Gasteiger partial charge in [0.2, 0.25) is 5.91 Å². The van der Waals surface area contributed by atoms with Gasteiger partial charge in [-0.15, -0.1) is 23.1 Å². The smallest absolute Gasteiger partial charge is 0.228 e. The number of likely N-dealkylation sites (N-methyl/N-ethyl adjacent to an activating group) is 1. The van der Waals surface area contributed by atoms with Crippen LogP contribution < -0.4 is 5.73 Å². The third-order valence-electron chi connectivity index (χ3n) is 2.55. The van der Waals surface area contributed by atoms with E-state index >= 15 is 0 Å². The summed E-state index contributed by atoms with van der Waals surface area (Å²) in [4.78, 5) is 22.7. The minimum Gasteiger partial charge on any atom is -0.384 e. The highest BCUT2D eigenvalue weighted by Crippen LogP contribution is 2.23. The highest BCUT2D eigenvalue weighted by Gasteiger charge is 2.09. The standard InChI is InChI=1S/C13H16N4OS2/c1-17(2)13(18)5-12-16-9(8-20-12)7-19-10-3-4-11(14)15-6-10/h3-4,6,8H,5,7H2,1-2H3,(H2,14,15). The van der Waals surface area contributed by atoms with Gasteiger partial charge in [0, 0.05) is 36.3 Å². The number of nitrogen functional groups attached to an aromatic ring is 1. The number of carbonyl (C=O) groups excluding carboxylic acids is 1. The Balaban J connectivity index is 1.89. The van der Waals surface area contributed by atoms with Crippen molar-refractivity contribution < 1.29 is 4.79 Å². The molecule has 0 atom stereocenters. The zero-order valence-electron chi connectivity index (χ0n) is 11.4. The van der Waals surface area contributed by atoms with Gasteiger partial charge in [-0.3, -0.25) is 4.79 Å². The monoisotopic (exact) mass is 308 g/mol. The van der Waals surface area contributed by atoms with E-state index in [1.807, 2.05) is 11.4 Å². The van der Waals surface area contributed by atoms with Crippen molar-refractivity contribution in [1.29, 1.82) is 0 Å². The van der Waals surface area contributed by atoms with Crippen LogP contribution in [0.15, 0.2) is 28.6 Å². The van der Waals surface area contributed by atoms with Crippen molar-refractivity contribution in [3.63, 3.8) is 0 Å². The molecule has 1 amide bonds. The van der Waals surface area contributed by atoms with Gasteiger partial charge < -0.3 is 10.6 Å². The molecule has 0 saturated carbocycles. The number of thiazole rings is 1. The summed E-state index contributed by atoms with van der Waals surface area (Å²) < 4.78 is 0. The minimum atomic E-state index is 0.0706. The largest absolute Gasteiger partial charge is 0.384 e. The Bertz CT molecular complexity index is 580. The van der Waals surface area contributed by atoms with Crippen LogP contribution in [0.1, 0.15) is 10.7 Å². The number of carbonyl (C=O) groups is 1. The van der Waals surface area contributed by atoms with Crippen LogP contribution in [0.4, 0.5) is 5.82 Å². The van der Waals surface area contributed by atoms with Crippen molar-refractivity contribution >= 4 is 34.8 Å². The molecule has 0 aromatic carbocycles. The van der Waals surface area contributed by atoms with Crippen molar-refractivity contribution in [2.75, 3.05) is 19.8 Å². The van der Waals surface area contributed by atoms with E-state index < -0.39 is 0 Å². The number of aromatic nitrogens is 2. The van der Waals surface area contributed by atoms with E-state index in [1.54, 1.807) is 43.0 Å². The van der Waals surface area contributed by atoms with Gasteiger partial charge in [0.05, 0.1) is 12.1 Å². The molecular weight excluding hydrogens is 292 g/mol. The van der Waals surface area contributed by atoms with E-state index in [1.165, 1.54) is 11.3 Å². The Labute approximate surface area is 126 Å². The highest BCUT2D eigenvalue weighted by molar-refractivity contribution is 7.98. The fraction of sp³-hybridized carbons (Fsp3) is 0.308. The van der Waals surface area contributed by atoms with Crippen LogP contribution in [0, 0.1) is 0 Å². The number of pyridine rings is 1. The maximum atomic E-state index is 11.6. The first-order valence-corrected chi connectivity index (χ1v) is 7.89. The summed E-state index contributed by atoms with van der Waals surface area (Å²) in [5.41, 5.74) is 6.53. The molecule has 0 unspecified atom stereocenters. The fourth-order valence-corrected chi connectivity index (χ4v) is 3.06. The first kappa shape index (κ1) is 14.8. The Morgan fingerprint density at radius 3 is 2.90 bits per heavy atom. The third-order valence-corrected chi connectivity index (χ3v) is 4.46. The second kappa shape index (κ2) is 6.71. The number of rotatable bonds is 5. The van der Waals surface area contributed by atoms with Gasteiger partial charge in [-0.2, -0.15) is 0 Å². The minimum absolute atomic E-state index is 0.0706. The highest BCUT2D eigenvalue weighted by atomic mass is 32.2. The third kappa shape index (κ3) is 4.21. The van der Waals surface area contributed by atoms with E-state index in [4.69, 9.17) is 5.73 Å². The summed E-state index contributed by atoms with van der Waals surface area (Å²) in [6.45, 7) is 0. The van der Waals surface area contributed by atoms with E-state index in [-0.39, 0.29) is 5.91 Å². The molecule has 20 heavy (non-hydrogen) atoms. The lowest BCUT2D eigenvalue weighted by molar-refractivity contribution is -0.127. The molecule has 5 nitrogen and oxygen atoms in total. The van der Waals surface area contributed by atoms with Gasteiger partial charge in [0.15, 0.2) is 0 Å². The zero-order chi connectivity index (χ0) is 14.5. The van der Waals surface area contributed by atoms with Crippen LogP contribution in [0.3, 0.4) is 0 Å². The quantitative estimate of drug-likeness (QED) is 0.856. The molecular formula is C13H16N4OS2. The molecule has 2 N–H and O–H groups in total. The van der Waals surface area contributed by atoms with Crippen LogP contribution in [0.2, 0.25) is 0 Å². The van der Waals surface area contributed by atoms with E-state index in [9.17, 15) is 4.79 Å². The van der Waals surface area contributed by atoms with Crippen LogP contribution >= 0.6 is 23.1 Å². The topological polar surface area (TPSA) is 72.1 Å². The maximum Gasteiger partial charge on any atom is 0.228 e. The number of nitrogens with zero attached hydrogens (tertiary/aromatic N) is 3. The van der Waals surface area contributed by atoms with Crippen LogP contribution in [0.25, 0.3) is 0 Å². The first-order chi connectivity index (χ1) is 9.54. The summed E-state index contributed by atoms with van der Waals surface area (Å²) in [7, 11) is 3.50. The number of hydrogen-bond acceptors (Lipinski definition) is 6. The molecule has 0 aliphatic carbocycles. The lowest BCUT2D eigenvalue weighted by atomic mass is 10.4. The molecule has 2 aromatic heterocycles. The van der Waals surface area contributed by atoms with Gasteiger partial charge in [-0.1, -0.05) is 0 Å². The molecule has 2 heterocycles. The van der Waals surface area contributed by atoms with Gasteiger partial charge in [0.25, 0.3) is 0 Å². The van der Waals surface area contributed by atoms with Gasteiger partial charge in [0.1, 0.15) is 10.8 Å². The zero-order valence-corrected chi connectivity index (χ0v) is 13.0. The van der Waals surface area contributed by atoms with Gasteiger partial charge >= 0.3 is 0 Å². The first-order valence-electron chi connectivity index (χ1n) is 6.02. The molecule has 106 valence electrons. The molecule has 0 saturated heterocycles. The Morgan fingerprint density at radius 1 is 1.45 bits per heavy atom. The Hall–Kier alpha value is -1.60. The molecule has 0 spiro atoms. The average molecular weight is 308 g/mol. The van der Waals surface area contributed by atoms with Gasteiger partial charge in [-0.25, -0.2) is 9.97 Å². The molecule has 7 heteroatoms. The molecule has 2 aromatic rings. The predicted molar refractivity (Wildman–Crippen MR) is 82.7 cm³/mol. The Morgan fingerprint density at radius 2 is 2.25 bits per heavy atom. The maximum absolute atomic E-state index is 11.6. The van der Waals surface area contributed by atoms with Crippen molar-refractivity contribution in [3.8, 4) is 0 Å². The number of anilines is 1. The fourth-order valence-electron chi connectivity index (χ4n) is 1.42. The summed E-state index contributed by atoms with van der Waals surface area (Å²) in [6, 6.07) is 3.72. The van der Waals surface area contributed by atoms with E-state index in [0.29, 0.717) is 12.2 Å². The number of hydrogen-bond donors (Lipinski definition) is 1. The molecule has 0 radical (unpaired) electrons. The van der Waals surface area contributed by atoms with E-state index in [0.717, 1.165) is 21.3 Å². The van der Waals surface area contributed by atoms with Crippen molar-refractivity contribution in [2.45, 2.75) is 17.1 Å². The molecule has 0 fully saturated rings. The molecule has 2 rings (SSSR count). The molecule has 0 aliphatic rings. The van der Waals surface area contributed by atoms with Crippen LogP contribution in [-0.4, -0.2) is 34.9 Å². The SMILES string of the molecule is CN(C)C(=O)Cc1nc(CSc2ccc(N)nc2)cs1. The van der Waals surface area contributed by atoms with Crippen molar-refractivity contribution in [1.82, 2.24) is 14.9 Å². The number of nitrogens with two attached hydrogens (primary N) is 1. The van der Waals surface area contributed by atoms with Gasteiger partial charge in [-0.05, 0) is 12.1 Å². The van der Waals surface area contributed by atoms with Crippen molar-refractivity contribution in [3.05, 3.63) is 34.4 Å². The lowest BCUT2D eigenvalue weighted by Crippen LogP contribution is -2.23. The summed E-state index contributed by atoms with van der Waals surface area (Å²) in [5.74, 6) is 1.35. The predicted octanol–water partition coefficient (Wildman–Crippen LogP) is 2.04. The second-order valence-electron chi connectivity index (χ2n) is 4.40.